The second kappa shape index (κ2) is 7.93. The number of halogens is 1. The second-order valence-electron chi connectivity index (χ2n) is 5.53. The van der Waals surface area contributed by atoms with Crippen molar-refractivity contribution < 1.29 is 13.9 Å². The number of hydrogen-bond donors (Lipinski definition) is 1. The van der Waals surface area contributed by atoms with E-state index in [0.29, 0.717) is 35.0 Å². The monoisotopic (exact) mass is 372 g/mol. The molecule has 1 aromatic heterocycles. The zero-order chi connectivity index (χ0) is 18.5. The fraction of sp³-hybridized carbons (Fsp3) is 0.158. The van der Waals surface area contributed by atoms with E-state index in [2.05, 4.69) is 5.32 Å². The number of methoxy groups -OCH3 is 1. The first-order valence-corrected chi connectivity index (χ1v) is 8.33. The summed E-state index contributed by atoms with van der Waals surface area (Å²) in [6.45, 7) is 0.600. The van der Waals surface area contributed by atoms with Crippen molar-refractivity contribution in [3.8, 4) is 5.75 Å². The van der Waals surface area contributed by atoms with Gasteiger partial charge in [0.15, 0.2) is 5.58 Å². The van der Waals surface area contributed by atoms with Crippen molar-refractivity contribution in [1.82, 2.24) is 9.88 Å². The molecule has 1 N–H and O–H groups in total. The Morgan fingerprint density at radius 3 is 2.77 bits per heavy atom. The summed E-state index contributed by atoms with van der Waals surface area (Å²) in [6, 6.07) is 12.3. The van der Waals surface area contributed by atoms with Crippen molar-refractivity contribution in [1.29, 1.82) is 0 Å². The molecule has 0 fully saturated rings. The first-order valence-electron chi connectivity index (χ1n) is 7.95. The van der Waals surface area contributed by atoms with Gasteiger partial charge >= 0.3 is 5.76 Å². The van der Waals surface area contributed by atoms with Crippen molar-refractivity contribution in [3.05, 3.63) is 69.7 Å². The van der Waals surface area contributed by atoms with Gasteiger partial charge in [-0.05, 0) is 35.9 Å². The molecule has 3 aromatic rings. The number of benzene rings is 2. The van der Waals surface area contributed by atoms with Gasteiger partial charge in [0.2, 0.25) is 5.91 Å². The highest BCUT2D eigenvalue weighted by Gasteiger charge is 2.10. The van der Waals surface area contributed by atoms with Gasteiger partial charge in [-0.3, -0.25) is 9.36 Å². The Bertz CT molecular complexity index is 1000. The molecule has 0 aliphatic heterocycles. The zero-order valence-corrected chi connectivity index (χ0v) is 14.8. The van der Waals surface area contributed by atoms with Crippen molar-refractivity contribution in [3.63, 3.8) is 0 Å². The van der Waals surface area contributed by atoms with E-state index in [1.165, 1.54) is 10.6 Å². The fourth-order valence-corrected chi connectivity index (χ4v) is 2.61. The van der Waals surface area contributed by atoms with Crippen molar-refractivity contribution in [2.75, 3.05) is 13.7 Å². The van der Waals surface area contributed by atoms with Crippen LogP contribution in [0.1, 0.15) is 5.56 Å². The largest absolute Gasteiger partial charge is 0.497 e. The summed E-state index contributed by atoms with van der Waals surface area (Å²) in [5.74, 6) is -0.110. The van der Waals surface area contributed by atoms with Crippen LogP contribution in [-0.2, 0) is 11.3 Å². The highest BCUT2D eigenvalue weighted by Crippen LogP contribution is 2.19. The van der Waals surface area contributed by atoms with Gasteiger partial charge in [-0.2, -0.15) is 0 Å². The van der Waals surface area contributed by atoms with Crippen LogP contribution in [-0.4, -0.2) is 24.1 Å². The van der Waals surface area contributed by atoms with Gasteiger partial charge in [-0.25, -0.2) is 4.79 Å². The minimum Gasteiger partial charge on any atom is -0.497 e. The Labute approximate surface area is 154 Å². The van der Waals surface area contributed by atoms with Gasteiger partial charge in [0.05, 0.1) is 12.6 Å². The molecule has 1 amide bonds. The van der Waals surface area contributed by atoms with Gasteiger partial charge in [-0.15, -0.1) is 0 Å². The maximum Gasteiger partial charge on any atom is 0.420 e. The van der Waals surface area contributed by atoms with Crippen molar-refractivity contribution in [2.45, 2.75) is 6.54 Å². The average Bonchev–Trinajstić information content (AvgIpc) is 2.95. The summed E-state index contributed by atoms with van der Waals surface area (Å²) in [6.07, 6.45) is 3.13. The first-order chi connectivity index (χ1) is 12.6. The van der Waals surface area contributed by atoms with Gasteiger partial charge in [0.1, 0.15) is 5.75 Å². The molecule has 26 heavy (non-hydrogen) atoms. The maximum atomic E-state index is 12.0. The molecule has 0 atom stereocenters. The maximum absolute atomic E-state index is 12.0. The Kier molecular flexibility index (Phi) is 5.43. The number of fused-ring (bicyclic) bond motifs is 1. The van der Waals surface area contributed by atoms with E-state index < -0.39 is 5.76 Å². The van der Waals surface area contributed by atoms with E-state index in [0.717, 1.165) is 5.56 Å². The van der Waals surface area contributed by atoms with Gasteiger partial charge in [0.25, 0.3) is 0 Å². The van der Waals surface area contributed by atoms with Crippen LogP contribution in [0.3, 0.4) is 0 Å². The van der Waals surface area contributed by atoms with Crippen molar-refractivity contribution in [2.24, 2.45) is 0 Å². The third kappa shape index (κ3) is 4.15. The third-order valence-corrected chi connectivity index (χ3v) is 4.06. The smallest absolute Gasteiger partial charge is 0.420 e. The number of hydrogen-bond acceptors (Lipinski definition) is 4. The van der Waals surface area contributed by atoms with Gasteiger partial charge < -0.3 is 14.5 Å². The number of carbonyl (C=O) groups is 1. The number of nitrogens with one attached hydrogen (secondary N) is 1. The Morgan fingerprint density at radius 2 is 2.04 bits per heavy atom. The van der Waals surface area contributed by atoms with Crippen LogP contribution in [0.2, 0.25) is 5.02 Å². The molecule has 0 aliphatic carbocycles. The number of rotatable bonds is 6. The predicted octanol–water partition coefficient (Wildman–Crippen LogP) is 3.09. The summed E-state index contributed by atoms with van der Waals surface area (Å²) >= 11 is 5.82. The average molecular weight is 373 g/mol. The van der Waals surface area contributed by atoms with E-state index in [-0.39, 0.29) is 5.91 Å². The standard InChI is InChI=1S/C19H17ClN2O4/c1-25-15-7-8-16-17(12-15)26-19(24)22(16)11-10-21-18(23)9-4-13-2-5-14(20)6-3-13/h2-9,12H,10-11H2,1H3,(H,21,23)/b9-4+. The van der Waals surface area contributed by atoms with Gasteiger partial charge in [0, 0.05) is 30.3 Å². The molecular formula is C19H17ClN2O4. The van der Waals surface area contributed by atoms with E-state index in [9.17, 15) is 9.59 Å². The van der Waals surface area contributed by atoms with Gasteiger partial charge in [-0.1, -0.05) is 23.7 Å². The topological polar surface area (TPSA) is 73.5 Å². The van der Waals surface area contributed by atoms with E-state index in [1.54, 1.807) is 43.5 Å². The van der Waals surface area contributed by atoms with E-state index in [1.807, 2.05) is 12.1 Å². The highest BCUT2D eigenvalue weighted by molar-refractivity contribution is 6.30. The zero-order valence-electron chi connectivity index (χ0n) is 14.1. The number of amides is 1. The van der Waals surface area contributed by atoms with Crippen molar-refractivity contribution >= 4 is 34.7 Å². The summed E-state index contributed by atoms with van der Waals surface area (Å²) in [5.41, 5.74) is 1.97. The predicted molar refractivity (Wildman–Crippen MR) is 101 cm³/mol. The SMILES string of the molecule is COc1ccc2c(c1)oc(=O)n2CCNC(=O)/C=C/c1ccc(Cl)cc1. The van der Waals surface area contributed by atoms with Crippen LogP contribution in [0.4, 0.5) is 0 Å². The molecule has 0 saturated carbocycles. The minimum absolute atomic E-state index is 0.248. The molecular weight excluding hydrogens is 356 g/mol. The van der Waals surface area contributed by atoms with Crippen LogP contribution >= 0.6 is 11.6 Å². The molecule has 6 nitrogen and oxygen atoms in total. The number of ether oxygens (including phenoxy) is 1. The summed E-state index contributed by atoms with van der Waals surface area (Å²) in [5, 5.41) is 3.38. The van der Waals surface area contributed by atoms with Crippen LogP contribution in [0.15, 0.2) is 57.8 Å². The normalized spacial score (nSPS) is 11.2. The molecule has 0 aliphatic rings. The fourth-order valence-electron chi connectivity index (χ4n) is 2.48. The lowest BCUT2D eigenvalue weighted by molar-refractivity contribution is -0.116. The Morgan fingerprint density at radius 1 is 1.27 bits per heavy atom. The number of aromatic nitrogens is 1. The molecule has 1 heterocycles. The molecule has 0 unspecified atom stereocenters. The molecule has 0 radical (unpaired) electrons. The summed E-state index contributed by atoms with van der Waals surface area (Å²) in [4.78, 5) is 23.9. The lowest BCUT2D eigenvalue weighted by Crippen LogP contribution is -2.28. The lowest BCUT2D eigenvalue weighted by Gasteiger charge is -2.04. The molecule has 0 spiro atoms. The number of carbonyl (C=O) groups excluding carboxylic acids is 1. The molecule has 7 heteroatoms. The Balaban J connectivity index is 1.60. The molecule has 3 rings (SSSR count). The first kappa shape index (κ1) is 17.8. The van der Waals surface area contributed by atoms with Crippen LogP contribution in [0.25, 0.3) is 17.2 Å². The minimum atomic E-state index is -0.473. The molecule has 2 aromatic carbocycles. The van der Waals surface area contributed by atoms with Crippen LogP contribution in [0, 0.1) is 0 Å². The quantitative estimate of drug-likeness (QED) is 0.675. The molecule has 134 valence electrons. The summed E-state index contributed by atoms with van der Waals surface area (Å²) < 4.78 is 11.8. The van der Waals surface area contributed by atoms with Crippen LogP contribution < -0.4 is 15.8 Å². The van der Waals surface area contributed by atoms with E-state index >= 15 is 0 Å². The lowest BCUT2D eigenvalue weighted by atomic mass is 10.2. The molecule has 0 bridgehead atoms. The highest BCUT2D eigenvalue weighted by atomic mass is 35.5. The second-order valence-corrected chi connectivity index (χ2v) is 5.97. The van der Waals surface area contributed by atoms with Crippen LogP contribution in [0.5, 0.6) is 5.75 Å². The van der Waals surface area contributed by atoms with E-state index in [4.69, 9.17) is 20.8 Å². The number of nitrogens with zero attached hydrogens (tertiary/aromatic N) is 1. The summed E-state index contributed by atoms with van der Waals surface area (Å²) in [7, 11) is 1.54. The molecule has 0 saturated heterocycles. The third-order valence-electron chi connectivity index (χ3n) is 3.81. The number of oxazole rings is 1. The Hall–Kier alpha value is -2.99.